The number of para-hydroxylation sites is 1. The number of amides is 1. The quantitative estimate of drug-likeness (QED) is 0.915. The second-order valence-electron chi connectivity index (χ2n) is 5.52. The summed E-state index contributed by atoms with van der Waals surface area (Å²) in [6.07, 6.45) is 1.07. The SMILES string of the molecule is CC(C(=O)Nc1ccccc1C#N)N1CCCN(C)CC1. The Morgan fingerprint density at radius 2 is 2.05 bits per heavy atom. The van der Waals surface area contributed by atoms with Crippen LogP contribution in [0.4, 0.5) is 5.69 Å². The lowest BCUT2D eigenvalue weighted by Crippen LogP contribution is -2.43. The fraction of sp³-hybridized carbons (Fsp3) is 0.500. The molecule has 1 aromatic carbocycles. The molecule has 2 rings (SSSR count). The number of carbonyl (C=O) groups is 1. The molecule has 0 bridgehead atoms. The van der Waals surface area contributed by atoms with E-state index in [0.29, 0.717) is 11.3 Å². The fourth-order valence-corrected chi connectivity index (χ4v) is 2.55. The second kappa shape index (κ2) is 7.21. The lowest BCUT2D eigenvalue weighted by Gasteiger charge is -2.26. The predicted molar refractivity (Wildman–Crippen MR) is 82.9 cm³/mol. The minimum atomic E-state index is -0.191. The largest absolute Gasteiger partial charge is 0.324 e. The van der Waals surface area contributed by atoms with Crippen molar-refractivity contribution in [2.45, 2.75) is 19.4 Å². The van der Waals surface area contributed by atoms with Crippen LogP contribution < -0.4 is 5.32 Å². The fourth-order valence-electron chi connectivity index (χ4n) is 2.55. The highest BCUT2D eigenvalue weighted by molar-refractivity contribution is 5.95. The van der Waals surface area contributed by atoms with Gasteiger partial charge in [-0.05, 0) is 39.1 Å². The lowest BCUT2D eigenvalue weighted by atomic mass is 10.1. The summed E-state index contributed by atoms with van der Waals surface area (Å²) in [6.45, 7) is 5.80. The third-order valence-corrected chi connectivity index (χ3v) is 3.99. The van der Waals surface area contributed by atoms with Crippen LogP contribution in [0.2, 0.25) is 0 Å². The third-order valence-electron chi connectivity index (χ3n) is 3.99. The molecule has 1 fully saturated rings. The molecule has 0 spiro atoms. The summed E-state index contributed by atoms with van der Waals surface area (Å²) in [5.41, 5.74) is 1.08. The van der Waals surface area contributed by atoms with Crippen LogP contribution in [0.5, 0.6) is 0 Å². The number of hydrogen-bond donors (Lipinski definition) is 1. The summed E-state index contributed by atoms with van der Waals surface area (Å²) in [5.74, 6) is -0.0535. The minimum Gasteiger partial charge on any atom is -0.324 e. The van der Waals surface area contributed by atoms with Crippen molar-refractivity contribution in [3.05, 3.63) is 29.8 Å². The van der Waals surface area contributed by atoms with Crippen molar-refractivity contribution in [3.8, 4) is 6.07 Å². The Balaban J connectivity index is 2.01. The van der Waals surface area contributed by atoms with Gasteiger partial charge in [0.25, 0.3) is 0 Å². The molecule has 5 heteroatoms. The lowest BCUT2D eigenvalue weighted by molar-refractivity contribution is -0.120. The summed E-state index contributed by atoms with van der Waals surface area (Å²) in [5, 5.41) is 11.9. The van der Waals surface area contributed by atoms with Gasteiger partial charge in [0, 0.05) is 19.6 Å². The normalized spacial score (nSPS) is 18.5. The highest BCUT2D eigenvalue weighted by atomic mass is 16.2. The standard InChI is InChI=1S/C16H22N4O/c1-13(20-9-5-8-19(2)10-11-20)16(21)18-15-7-4-3-6-14(15)12-17/h3-4,6-7,13H,5,8-11H2,1-2H3,(H,18,21). The predicted octanol–water partition coefficient (Wildman–Crippen LogP) is 1.52. The molecule has 0 radical (unpaired) electrons. The molecule has 1 saturated heterocycles. The highest BCUT2D eigenvalue weighted by Crippen LogP contribution is 2.15. The van der Waals surface area contributed by atoms with Crippen LogP contribution in [0.25, 0.3) is 0 Å². The summed E-state index contributed by atoms with van der Waals surface area (Å²) in [6, 6.07) is 9.00. The zero-order valence-corrected chi connectivity index (χ0v) is 12.7. The second-order valence-corrected chi connectivity index (χ2v) is 5.52. The van der Waals surface area contributed by atoms with Crippen molar-refractivity contribution in [1.82, 2.24) is 9.80 Å². The maximum atomic E-state index is 12.4. The van der Waals surface area contributed by atoms with Crippen LogP contribution in [0.1, 0.15) is 18.9 Å². The smallest absolute Gasteiger partial charge is 0.241 e. The van der Waals surface area contributed by atoms with E-state index < -0.39 is 0 Å². The summed E-state index contributed by atoms with van der Waals surface area (Å²) >= 11 is 0. The molecule has 1 unspecified atom stereocenters. The third kappa shape index (κ3) is 4.03. The zero-order valence-electron chi connectivity index (χ0n) is 12.7. The van der Waals surface area contributed by atoms with E-state index >= 15 is 0 Å². The van der Waals surface area contributed by atoms with Gasteiger partial charge in [-0.2, -0.15) is 5.26 Å². The Labute approximate surface area is 126 Å². The van der Waals surface area contributed by atoms with Gasteiger partial charge in [0.05, 0.1) is 17.3 Å². The molecule has 1 amide bonds. The first-order valence-electron chi connectivity index (χ1n) is 7.34. The summed E-state index contributed by atoms with van der Waals surface area (Å²) < 4.78 is 0. The molecular formula is C16H22N4O. The van der Waals surface area contributed by atoms with Gasteiger partial charge in [0.1, 0.15) is 6.07 Å². The molecule has 0 saturated carbocycles. The van der Waals surface area contributed by atoms with Crippen LogP contribution >= 0.6 is 0 Å². The molecule has 5 nitrogen and oxygen atoms in total. The van der Waals surface area contributed by atoms with E-state index in [0.717, 1.165) is 32.6 Å². The average Bonchev–Trinajstić information content (AvgIpc) is 2.71. The van der Waals surface area contributed by atoms with E-state index in [9.17, 15) is 4.79 Å². The molecule has 1 N–H and O–H groups in total. The van der Waals surface area contributed by atoms with Crippen molar-refractivity contribution in [2.24, 2.45) is 0 Å². The average molecular weight is 286 g/mol. The van der Waals surface area contributed by atoms with Gasteiger partial charge < -0.3 is 10.2 Å². The van der Waals surface area contributed by atoms with Crippen LogP contribution in [0.15, 0.2) is 24.3 Å². The Morgan fingerprint density at radius 3 is 2.81 bits per heavy atom. The van der Waals surface area contributed by atoms with Gasteiger partial charge in [-0.25, -0.2) is 0 Å². The number of nitrogens with zero attached hydrogens (tertiary/aromatic N) is 3. The van der Waals surface area contributed by atoms with Crippen molar-refractivity contribution in [1.29, 1.82) is 5.26 Å². The number of likely N-dealkylation sites (N-methyl/N-ethyl adjacent to an activating group) is 1. The molecule has 1 heterocycles. The molecular weight excluding hydrogens is 264 g/mol. The monoisotopic (exact) mass is 286 g/mol. The van der Waals surface area contributed by atoms with Gasteiger partial charge in [0.15, 0.2) is 0 Å². The number of hydrogen-bond acceptors (Lipinski definition) is 4. The first kappa shape index (κ1) is 15.5. The van der Waals surface area contributed by atoms with Crippen LogP contribution in [0, 0.1) is 11.3 Å². The number of nitrogens with one attached hydrogen (secondary N) is 1. The van der Waals surface area contributed by atoms with E-state index in [1.54, 1.807) is 18.2 Å². The van der Waals surface area contributed by atoms with Crippen LogP contribution in [0.3, 0.4) is 0 Å². The zero-order chi connectivity index (χ0) is 15.2. The molecule has 1 atom stereocenters. The Kier molecular flexibility index (Phi) is 5.32. The molecule has 0 aliphatic carbocycles. The Hall–Kier alpha value is -1.90. The minimum absolute atomic E-state index is 0.0535. The maximum Gasteiger partial charge on any atom is 0.241 e. The molecule has 1 aliphatic heterocycles. The Morgan fingerprint density at radius 1 is 1.29 bits per heavy atom. The van der Waals surface area contributed by atoms with Crippen molar-refractivity contribution in [2.75, 3.05) is 38.5 Å². The first-order valence-corrected chi connectivity index (χ1v) is 7.34. The molecule has 21 heavy (non-hydrogen) atoms. The molecule has 1 aromatic rings. The topological polar surface area (TPSA) is 59.4 Å². The van der Waals surface area contributed by atoms with E-state index in [4.69, 9.17) is 5.26 Å². The number of carbonyl (C=O) groups excluding carboxylic acids is 1. The van der Waals surface area contributed by atoms with Crippen LogP contribution in [-0.4, -0.2) is 55.0 Å². The highest BCUT2D eigenvalue weighted by Gasteiger charge is 2.23. The van der Waals surface area contributed by atoms with Crippen molar-refractivity contribution in [3.63, 3.8) is 0 Å². The number of anilines is 1. The summed E-state index contributed by atoms with van der Waals surface area (Å²) in [7, 11) is 2.11. The van der Waals surface area contributed by atoms with Gasteiger partial charge in [0.2, 0.25) is 5.91 Å². The first-order chi connectivity index (χ1) is 10.1. The van der Waals surface area contributed by atoms with Crippen molar-refractivity contribution < 1.29 is 4.79 Å². The van der Waals surface area contributed by atoms with E-state index in [2.05, 4.69) is 28.2 Å². The number of rotatable bonds is 3. The van der Waals surface area contributed by atoms with Gasteiger partial charge in [-0.15, -0.1) is 0 Å². The number of benzene rings is 1. The van der Waals surface area contributed by atoms with Gasteiger partial charge in [-0.1, -0.05) is 12.1 Å². The van der Waals surface area contributed by atoms with Gasteiger partial charge >= 0.3 is 0 Å². The van der Waals surface area contributed by atoms with E-state index in [-0.39, 0.29) is 11.9 Å². The van der Waals surface area contributed by atoms with E-state index in [1.165, 1.54) is 0 Å². The maximum absolute atomic E-state index is 12.4. The summed E-state index contributed by atoms with van der Waals surface area (Å²) in [4.78, 5) is 16.9. The Bertz CT molecular complexity index is 537. The molecule has 0 aromatic heterocycles. The van der Waals surface area contributed by atoms with Gasteiger partial charge in [-0.3, -0.25) is 9.69 Å². The van der Waals surface area contributed by atoms with Crippen molar-refractivity contribution >= 4 is 11.6 Å². The molecule has 112 valence electrons. The molecule has 1 aliphatic rings. The van der Waals surface area contributed by atoms with Crippen LogP contribution in [-0.2, 0) is 4.79 Å². The van der Waals surface area contributed by atoms with E-state index in [1.807, 2.05) is 13.0 Å². The number of nitriles is 1.